The lowest BCUT2D eigenvalue weighted by Crippen LogP contribution is -2.57. The van der Waals surface area contributed by atoms with Crippen LogP contribution in [0.2, 0.25) is 0 Å². The molecule has 0 radical (unpaired) electrons. The van der Waals surface area contributed by atoms with Crippen LogP contribution in [0.3, 0.4) is 0 Å². The van der Waals surface area contributed by atoms with Gasteiger partial charge in [0, 0.05) is 42.5 Å². The Bertz CT molecular complexity index is 1830. The summed E-state index contributed by atoms with van der Waals surface area (Å²) in [6.07, 6.45) is 2.07. The van der Waals surface area contributed by atoms with Crippen LogP contribution in [0.15, 0.2) is 103 Å². The minimum atomic E-state index is -1.02. The molecule has 47 heavy (non-hydrogen) atoms. The average Bonchev–Trinajstić information content (AvgIpc) is 3.46. The van der Waals surface area contributed by atoms with Gasteiger partial charge in [-0.2, -0.15) is 0 Å². The van der Waals surface area contributed by atoms with E-state index in [-0.39, 0.29) is 31.3 Å². The van der Waals surface area contributed by atoms with Gasteiger partial charge in [-0.25, -0.2) is 4.79 Å². The number of fused-ring (bicyclic) bond motifs is 2. The van der Waals surface area contributed by atoms with Crippen LogP contribution in [0.5, 0.6) is 0 Å². The number of aromatic amines is 1. The SMILES string of the molecule is CC(C)(C)OC(=O)N[C@@H](Cc1c[nH]c2ccccc12)C(=O)N[C@@H](Cc1ccccc1)C(=O)N[C@@H](CN)Cc1ccc2ccccc2c1. The van der Waals surface area contributed by atoms with Crippen LogP contribution in [0, 0.1) is 0 Å². The molecule has 0 aliphatic rings. The molecule has 0 bridgehead atoms. The quantitative estimate of drug-likeness (QED) is 0.129. The number of nitrogens with two attached hydrogens (primary N) is 1. The standard InChI is InChI=1S/C38H43N5O4/c1-38(2,3)47-37(46)43-34(22-29-24-40-32-16-10-9-15-31(29)32)36(45)42-33(21-25-11-5-4-6-12-25)35(44)41-30(23-39)20-26-17-18-27-13-7-8-14-28(27)19-26/h4-19,24,30,33-34,40H,20-23,39H2,1-3H3,(H,41,44)(H,42,45)(H,43,46)/t30-,33+,34+/m1/s1. The van der Waals surface area contributed by atoms with Crippen molar-refractivity contribution in [1.82, 2.24) is 20.9 Å². The number of rotatable bonds is 12. The number of H-pyrrole nitrogens is 1. The number of ether oxygens (including phenoxy) is 1. The van der Waals surface area contributed by atoms with Gasteiger partial charge in [0.15, 0.2) is 0 Å². The van der Waals surface area contributed by atoms with E-state index < -0.39 is 29.7 Å². The molecule has 0 fully saturated rings. The second kappa shape index (κ2) is 15.0. The lowest BCUT2D eigenvalue weighted by molar-refractivity contribution is -0.130. The Morgan fingerprint density at radius 3 is 2.13 bits per heavy atom. The third-order valence-electron chi connectivity index (χ3n) is 7.95. The Morgan fingerprint density at radius 1 is 0.723 bits per heavy atom. The molecule has 5 aromatic rings. The number of nitrogens with one attached hydrogen (secondary N) is 4. The molecule has 1 aromatic heterocycles. The number of hydrogen-bond donors (Lipinski definition) is 5. The van der Waals surface area contributed by atoms with Gasteiger partial charge in [-0.1, -0.05) is 91.0 Å². The van der Waals surface area contributed by atoms with Crippen LogP contribution in [-0.2, 0) is 33.6 Å². The minimum Gasteiger partial charge on any atom is -0.444 e. The fraction of sp³-hybridized carbons (Fsp3) is 0.289. The Labute approximate surface area is 275 Å². The molecule has 0 spiro atoms. The van der Waals surface area contributed by atoms with Crippen molar-refractivity contribution in [2.24, 2.45) is 5.73 Å². The summed E-state index contributed by atoms with van der Waals surface area (Å²) in [5.74, 6) is -0.863. The van der Waals surface area contributed by atoms with Crippen molar-refractivity contribution in [2.75, 3.05) is 6.54 Å². The minimum absolute atomic E-state index is 0.183. The largest absolute Gasteiger partial charge is 0.444 e. The van der Waals surface area contributed by atoms with E-state index in [1.165, 1.54) is 0 Å². The van der Waals surface area contributed by atoms with Crippen molar-refractivity contribution in [3.8, 4) is 0 Å². The molecule has 1 heterocycles. The van der Waals surface area contributed by atoms with Crippen LogP contribution in [-0.4, -0.2) is 53.2 Å². The fourth-order valence-corrected chi connectivity index (χ4v) is 5.66. The zero-order chi connectivity index (χ0) is 33.4. The Morgan fingerprint density at radius 2 is 1.38 bits per heavy atom. The van der Waals surface area contributed by atoms with E-state index in [0.717, 1.165) is 38.4 Å². The van der Waals surface area contributed by atoms with Gasteiger partial charge in [-0.05, 0) is 60.7 Å². The van der Waals surface area contributed by atoms with Crippen molar-refractivity contribution in [3.05, 3.63) is 120 Å². The van der Waals surface area contributed by atoms with Gasteiger partial charge in [0.2, 0.25) is 11.8 Å². The number of carbonyl (C=O) groups excluding carboxylic acids is 3. The first-order valence-corrected chi connectivity index (χ1v) is 15.9. The van der Waals surface area contributed by atoms with E-state index in [2.05, 4.69) is 45.2 Å². The highest BCUT2D eigenvalue weighted by Gasteiger charge is 2.30. The number of benzene rings is 4. The molecule has 5 rings (SSSR count). The zero-order valence-electron chi connectivity index (χ0n) is 27.1. The number of amides is 3. The molecule has 6 N–H and O–H groups in total. The molecule has 3 amide bonds. The smallest absolute Gasteiger partial charge is 0.408 e. The maximum Gasteiger partial charge on any atom is 0.408 e. The monoisotopic (exact) mass is 633 g/mol. The molecule has 9 nitrogen and oxygen atoms in total. The number of alkyl carbamates (subject to hydrolysis) is 1. The van der Waals surface area contributed by atoms with E-state index in [1.54, 1.807) is 20.8 Å². The highest BCUT2D eigenvalue weighted by molar-refractivity contribution is 5.92. The molecule has 0 aliphatic carbocycles. The van der Waals surface area contributed by atoms with E-state index in [1.807, 2.05) is 79.0 Å². The Hall–Kier alpha value is -5.15. The number of aromatic nitrogens is 1. The van der Waals surface area contributed by atoms with Gasteiger partial charge in [-0.3, -0.25) is 9.59 Å². The molecule has 0 unspecified atom stereocenters. The number of hydrogen-bond acceptors (Lipinski definition) is 5. The summed E-state index contributed by atoms with van der Waals surface area (Å²) in [5.41, 5.74) is 9.07. The van der Waals surface area contributed by atoms with Gasteiger partial charge in [0.25, 0.3) is 0 Å². The van der Waals surface area contributed by atoms with Crippen LogP contribution in [0.25, 0.3) is 21.7 Å². The summed E-state index contributed by atoms with van der Waals surface area (Å²) >= 11 is 0. The molecule has 4 aromatic carbocycles. The summed E-state index contributed by atoms with van der Waals surface area (Å²) in [6.45, 7) is 5.49. The summed E-state index contributed by atoms with van der Waals surface area (Å²) in [4.78, 5) is 44.0. The van der Waals surface area contributed by atoms with E-state index >= 15 is 0 Å². The van der Waals surface area contributed by atoms with Gasteiger partial charge in [-0.15, -0.1) is 0 Å². The van der Waals surface area contributed by atoms with Crippen LogP contribution < -0.4 is 21.7 Å². The lowest BCUT2D eigenvalue weighted by atomic mass is 10.00. The third kappa shape index (κ3) is 9.20. The first-order valence-electron chi connectivity index (χ1n) is 15.9. The van der Waals surface area contributed by atoms with Gasteiger partial charge in [0.05, 0.1) is 0 Å². The predicted molar refractivity (Wildman–Crippen MR) is 186 cm³/mol. The zero-order valence-corrected chi connectivity index (χ0v) is 27.1. The van der Waals surface area contributed by atoms with Crippen molar-refractivity contribution >= 4 is 39.6 Å². The van der Waals surface area contributed by atoms with Crippen molar-refractivity contribution in [1.29, 1.82) is 0 Å². The Kier molecular flexibility index (Phi) is 10.6. The second-order valence-corrected chi connectivity index (χ2v) is 12.8. The van der Waals surface area contributed by atoms with Crippen LogP contribution in [0.1, 0.15) is 37.5 Å². The van der Waals surface area contributed by atoms with E-state index in [0.29, 0.717) is 6.42 Å². The summed E-state index contributed by atoms with van der Waals surface area (Å²) in [5, 5.41) is 11.9. The van der Waals surface area contributed by atoms with Crippen molar-refractivity contribution in [2.45, 2.75) is 63.8 Å². The molecule has 244 valence electrons. The predicted octanol–water partition coefficient (Wildman–Crippen LogP) is 5.17. The first-order chi connectivity index (χ1) is 22.6. The molecule has 0 saturated carbocycles. The number of para-hydroxylation sites is 1. The summed E-state index contributed by atoms with van der Waals surface area (Å²) in [7, 11) is 0. The molecular weight excluding hydrogens is 590 g/mol. The molecule has 9 heteroatoms. The lowest BCUT2D eigenvalue weighted by Gasteiger charge is -2.26. The van der Waals surface area contributed by atoms with E-state index in [4.69, 9.17) is 10.5 Å². The third-order valence-corrected chi connectivity index (χ3v) is 7.95. The molecule has 0 saturated heterocycles. The van der Waals surface area contributed by atoms with Crippen molar-refractivity contribution in [3.63, 3.8) is 0 Å². The highest BCUT2D eigenvalue weighted by atomic mass is 16.6. The molecular formula is C38H43N5O4. The fourth-order valence-electron chi connectivity index (χ4n) is 5.66. The molecule has 0 aliphatic heterocycles. The maximum atomic E-state index is 14.0. The number of carbonyl (C=O) groups is 3. The van der Waals surface area contributed by atoms with Gasteiger partial charge >= 0.3 is 6.09 Å². The van der Waals surface area contributed by atoms with Crippen LogP contribution in [0.4, 0.5) is 4.79 Å². The first kappa shape index (κ1) is 33.2. The van der Waals surface area contributed by atoms with E-state index in [9.17, 15) is 14.4 Å². The summed E-state index contributed by atoms with van der Waals surface area (Å²) in [6, 6.07) is 29.2. The maximum absolute atomic E-state index is 14.0. The topological polar surface area (TPSA) is 138 Å². The van der Waals surface area contributed by atoms with Gasteiger partial charge < -0.3 is 31.4 Å². The van der Waals surface area contributed by atoms with Crippen LogP contribution >= 0.6 is 0 Å². The second-order valence-electron chi connectivity index (χ2n) is 12.8. The van der Waals surface area contributed by atoms with Gasteiger partial charge in [0.1, 0.15) is 17.7 Å². The normalized spacial score (nSPS) is 13.4. The molecule has 3 atom stereocenters. The Balaban J connectivity index is 1.36. The highest BCUT2D eigenvalue weighted by Crippen LogP contribution is 2.20. The summed E-state index contributed by atoms with van der Waals surface area (Å²) < 4.78 is 5.49. The van der Waals surface area contributed by atoms with Crippen molar-refractivity contribution < 1.29 is 19.1 Å². The average molecular weight is 634 g/mol.